The quantitative estimate of drug-likeness (QED) is 0.441. The number of hydrogen-bond acceptors (Lipinski definition) is 1. The lowest BCUT2D eigenvalue weighted by Gasteiger charge is -1.94. The van der Waals surface area contributed by atoms with Gasteiger partial charge in [-0.15, -0.1) is 0 Å². The Morgan fingerprint density at radius 1 is 1.67 bits per heavy atom. The van der Waals surface area contributed by atoms with Gasteiger partial charge >= 0.3 is 0 Å². The highest BCUT2D eigenvalue weighted by atomic mass is 127. The maximum atomic E-state index is 4.11. The average molecular weight is 298 g/mol. The molecule has 0 aliphatic rings. The molecule has 1 nitrogen and oxygen atoms in total. The second-order valence-corrected chi connectivity index (χ2v) is 3.17. The van der Waals surface area contributed by atoms with Gasteiger partial charge < -0.3 is 0 Å². The molecule has 1 rings (SSSR count). The number of rotatable bonds is 1. The first-order valence-corrected chi connectivity index (χ1v) is 4.70. The van der Waals surface area contributed by atoms with Crippen LogP contribution < -0.4 is 0 Å². The van der Waals surface area contributed by atoms with E-state index in [0.29, 0.717) is 0 Å². The van der Waals surface area contributed by atoms with Crippen molar-refractivity contribution < 1.29 is 0 Å². The van der Waals surface area contributed by atoms with Crippen LogP contribution >= 0.6 is 38.5 Å². The summed E-state index contributed by atoms with van der Waals surface area (Å²) in [6.45, 7) is 0. The molecule has 3 heteroatoms. The second kappa shape index (κ2) is 3.51. The van der Waals surface area contributed by atoms with Gasteiger partial charge in [-0.3, -0.25) is 4.98 Å². The van der Waals surface area contributed by atoms with Gasteiger partial charge in [0, 0.05) is 11.5 Å². The molecule has 0 radical (unpaired) electrons. The molecule has 0 atom stereocenters. The van der Waals surface area contributed by atoms with E-state index in [1.165, 1.54) is 5.56 Å². The number of hydrogen-bond donors (Lipinski definition) is 0. The molecule has 0 aliphatic heterocycles. The fourth-order valence-corrected chi connectivity index (χ4v) is 2.03. The van der Waals surface area contributed by atoms with Crippen LogP contribution in [0.3, 0.4) is 0 Å². The van der Waals surface area contributed by atoms with Gasteiger partial charge in [-0.05, 0) is 34.2 Å². The van der Waals surface area contributed by atoms with Gasteiger partial charge in [-0.25, -0.2) is 0 Å². The summed E-state index contributed by atoms with van der Waals surface area (Å²) < 4.78 is 1.08. The Kier molecular flexibility index (Phi) is 2.91. The van der Waals surface area contributed by atoms with Crippen molar-refractivity contribution in [3.8, 4) is 0 Å². The summed E-state index contributed by atoms with van der Waals surface area (Å²) in [6, 6.07) is 4.00. The fraction of sp³-hybridized carbons (Fsp3) is 0.167. The average Bonchev–Trinajstić information content (AvgIpc) is 1.89. The van der Waals surface area contributed by atoms with Crippen molar-refractivity contribution in [3.63, 3.8) is 0 Å². The van der Waals surface area contributed by atoms with Crippen molar-refractivity contribution >= 4 is 38.5 Å². The number of pyridine rings is 1. The van der Waals surface area contributed by atoms with Crippen LogP contribution in [0.4, 0.5) is 0 Å². The number of aromatic nitrogens is 1. The highest BCUT2D eigenvalue weighted by Crippen LogP contribution is 2.10. The Morgan fingerprint density at radius 3 is 2.89 bits per heavy atom. The third-order valence-electron chi connectivity index (χ3n) is 0.980. The van der Waals surface area contributed by atoms with Gasteiger partial charge in [-0.2, -0.15) is 0 Å². The van der Waals surface area contributed by atoms with Gasteiger partial charge in [0.15, 0.2) is 0 Å². The Labute approximate surface area is 76.1 Å². The number of alkyl halides is 1. The van der Waals surface area contributed by atoms with Crippen LogP contribution in [0.2, 0.25) is 0 Å². The van der Waals surface area contributed by atoms with E-state index in [2.05, 4.69) is 49.6 Å². The molecule has 48 valence electrons. The van der Waals surface area contributed by atoms with Gasteiger partial charge in [0.2, 0.25) is 0 Å². The monoisotopic (exact) mass is 297 g/mol. The van der Waals surface area contributed by atoms with E-state index in [0.717, 1.165) is 9.03 Å². The van der Waals surface area contributed by atoms with Crippen LogP contribution in [0.1, 0.15) is 5.56 Å². The van der Waals surface area contributed by atoms with Crippen LogP contribution in [-0.2, 0) is 5.33 Å². The van der Waals surface area contributed by atoms with Crippen LogP contribution in [0.25, 0.3) is 0 Å². The molecular weight excluding hydrogens is 293 g/mol. The Bertz CT molecular complexity index is 202. The maximum Gasteiger partial charge on any atom is 0.105 e. The van der Waals surface area contributed by atoms with Crippen molar-refractivity contribution in [2.75, 3.05) is 0 Å². The molecule has 0 unspecified atom stereocenters. The Balaban J connectivity index is 3.01. The number of halogens is 2. The summed E-state index contributed by atoms with van der Waals surface area (Å²) in [5.41, 5.74) is 1.25. The third kappa shape index (κ3) is 1.89. The predicted octanol–water partition coefficient (Wildman–Crippen LogP) is 2.58. The summed E-state index contributed by atoms with van der Waals surface area (Å²) in [7, 11) is 0. The normalized spacial score (nSPS) is 9.56. The van der Waals surface area contributed by atoms with Crippen molar-refractivity contribution in [3.05, 3.63) is 27.6 Å². The molecule has 1 aromatic heterocycles. The highest BCUT2D eigenvalue weighted by molar-refractivity contribution is 14.1. The molecule has 0 fully saturated rings. The zero-order valence-corrected chi connectivity index (χ0v) is 8.39. The summed E-state index contributed by atoms with van der Waals surface area (Å²) in [5, 5.41) is 0.888. The molecule has 0 N–H and O–H groups in total. The minimum absolute atomic E-state index is 0.888. The lowest BCUT2D eigenvalue weighted by molar-refractivity contribution is 1.20. The van der Waals surface area contributed by atoms with Crippen LogP contribution in [0.15, 0.2) is 18.3 Å². The first kappa shape index (κ1) is 7.47. The van der Waals surface area contributed by atoms with E-state index in [9.17, 15) is 0 Å². The van der Waals surface area contributed by atoms with E-state index in [1.807, 2.05) is 6.07 Å². The molecule has 1 aromatic rings. The lowest BCUT2D eigenvalue weighted by atomic mass is 10.3. The van der Waals surface area contributed by atoms with E-state index < -0.39 is 0 Å². The zero-order valence-electron chi connectivity index (χ0n) is 4.64. The van der Waals surface area contributed by atoms with Gasteiger partial charge in [0.25, 0.3) is 0 Å². The van der Waals surface area contributed by atoms with E-state index in [1.54, 1.807) is 6.20 Å². The summed E-state index contributed by atoms with van der Waals surface area (Å²) in [6.07, 6.45) is 1.80. The summed E-state index contributed by atoms with van der Waals surface area (Å²) in [5.74, 6) is 0. The maximum absolute atomic E-state index is 4.11. The van der Waals surface area contributed by atoms with E-state index in [4.69, 9.17) is 0 Å². The van der Waals surface area contributed by atoms with Gasteiger partial charge in [0.05, 0.1) is 0 Å². The van der Waals surface area contributed by atoms with Crippen molar-refractivity contribution in [2.24, 2.45) is 0 Å². The lowest BCUT2D eigenvalue weighted by Crippen LogP contribution is -1.85. The molecule has 0 amide bonds. The molecule has 0 saturated carbocycles. The van der Waals surface area contributed by atoms with Gasteiger partial charge in [-0.1, -0.05) is 22.0 Å². The van der Waals surface area contributed by atoms with Crippen LogP contribution in [0.5, 0.6) is 0 Å². The summed E-state index contributed by atoms with van der Waals surface area (Å²) >= 11 is 5.58. The molecule has 0 bridgehead atoms. The fourth-order valence-electron chi connectivity index (χ4n) is 0.519. The largest absolute Gasteiger partial charge is 0.250 e. The Hall–Kier alpha value is 0.360. The van der Waals surface area contributed by atoms with Crippen LogP contribution in [0, 0.1) is 3.70 Å². The van der Waals surface area contributed by atoms with E-state index >= 15 is 0 Å². The molecule has 0 aliphatic carbocycles. The first-order valence-electron chi connectivity index (χ1n) is 2.50. The molecule has 0 saturated heterocycles. The SMILES string of the molecule is BrCc1cccnc1I. The van der Waals surface area contributed by atoms with E-state index in [-0.39, 0.29) is 0 Å². The molecule has 0 spiro atoms. The Morgan fingerprint density at radius 2 is 2.44 bits per heavy atom. The minimum Gasteiger partial charge on any atom is -0.250 e. The third-order valence-corrected chi connectivity index (χ3v) is 2.56. The smallest absolute Gasteiger partial charge is 0.105 e. The minimum atomic E-state index is 0.888. The first-order chi connectivity index (χ1) is 4.34. The predicted molar refractivity (Wildman–Crippen MR) is 49.6 cm³/mol. The molecule has 9 heavy (non-hydrogen) atoms. The van der Waals surface area contributed by atoms with Crippen molar-refractivity contribution in [1.29, 1.82) is 0 Å². The van der Waals surface area contributed by atoms with Gasteiger partial charge in [0.1, 0.15) is 3.70 Å². The van der Waals surface area contributed by atoms with Crippen LogP contribution in [-0.4, -0.2) is 4.98 Å². The molecule has 1 heterocycles. The summed E-state index contributed by atoms with van der Waals surface area (Å²) in [4.78, 5) is 4.11. The molecule has 0 aromatic carbocycles. The number of nitrogens with zero attached hydrogens (tertiary/aromatic N) is 1. The highest BCUT2D eigenvalue weighted by Gasteiger charge is 1.94. The van der Waals surface area contributed by atoms with Crippen molar-refractivity contribution in [2.45, 2.75) is 5.33 Å². The zero-order chi connectivity index (χ0) is 6.69. The standard InChI is InChI=1S/C6H5BrIN/c7-4-5-2-1-3-9-6(5)8/h1-3H,4H2. The molecular formula is C6H5BrIN. The topological polar surface area (TPSA) is 12.9 Å². The van der Waals surface area contributed by atoms with Crippen molar-refractivity contribution in [1.82, 2.24) is 4.98 Å². The second-order valence-electron chi connectivity index (χ2n) is 1.59.